The van der Waals surface area contributed by atoms with Crippen molar-refractivity contribution >= 4 is 6.21 Å². The fraction of sp³-hybridized carbons (Fsp3) is 0.571. The molecule has 0 radical (unpaired) electrons. The first-order chi connectivity index (χ1) is 9.66. The first-order valence-corrected chi connectivity index (χ1v) is 6.97. The molecule has 0 bridgehead atoms. The highest BCUT2D eigenvalue weighted by Crippen LogP contribution is 2.15. The van der Waals surface area contributed by atoms with Crippen molar-refractivity contribution in [1.29, 1.82) is 0 Å². The number of hydrogen-bond acceptors (Lipinski definition) is 5. The number of aromatic nitrogens is 1. The van der Waals surface area contributed by atoms with Crippen LogP contribution in [-0.2, 0) is 4.84 Å². The molecular weight excluding hydrogens is 258 g/mol. The molecule has 1 N–H and O–H groups in total. The topological polar surface area (TPSA) is 72.0 Å². The Morgan fingerprint density at radius 3 is 2.85 bits per heavy atom. The van der Waals surface area contributed by atoms with Crippen LogP contribution in [0.25, 0.3) is 0 Å². The number of nitrogens with zero attached hydrogens (tertiary/aromatic N) is 3. The molecule has 0 saturated carbocycles. The van der Waals surface area contributed by atoms with Gasteiger partial charge in [-0.25, -0.2) is 0 Å². The van der Waals surface area contributed by atoms with Crippen LogP contribution in [0.15, 0.2) is 29.7 Å². The Labute approximate surface area is 118 Å². The van der Waals surface area contributed by atoms with E-state index >= 15 is 0 Å². The monoisotopic (exact) mass is 279 g/mol. The predicted molar refractivity (Wildman–Crippen MR) is 75.0 cm³/mol. The minimum Gasteiger partial charge on any atom is -0.619 e. The molecule has 6 heteroatoms. The predicted octanol–water partition coefficient (Wildman–Crippen LogP) is 0.863. The van der Waals surface area contributed by atoms with E-state index in [0.717, 1.165) is 25.9 Å². The zero-order valence-electron chi connectivity index (χ0n) is 11.7. The molecule has 1 fully saturated rings. The highest BCUT2D eigenvalue weighted by atomic mass is 16.7. The molecule has 2 heterocycles. The maximum atomic E-state index is 11.1. The summed E-state index contributed by atoms with van der Waals surface area (Å²) in [6, 6.07) is 3.41. The van der Waals surface area contributed by atoms with E-state index in [-0.39, 0.29) is 0 Å². The lowest BCUT2D eigenvalue weighted by Gasteiger charge is -2.33. The van der Waals surface area contributed by atoms with Crippen molar-refractivity contribution in [2.75, 3.05) is 13.1 Å². The minimum atomic E-state index is -0.620. The van der Waals surface area contributed by atoms with Gasteiger partial charge >= 0.3 is 0 Å². The summed E-state index contributed by atoms with van der Waals surface area (Å²) in [5.74, 6) is 0. The Hall–Kier alpha value is -1.66. The van der Waals surface area contributed by atoms with Crippen molar-refractivity contribution in [3.8, 4) is 0 Å². The van der Waals surface area contributed by atoms with E-state index in [9.17, 15) is 10.3 Å². The van der Waals surface area contributed by atoms with Crippen molar-refractivity contribution in [1.82, 2.24) is 4.90 Å². The highest BCUT2D eigenvalue weighted by molar-refractivity contribution is 5.77. The number of aliphatic hydroxyl groups excluding tert-OH is 1. The van der Waals surface area contributed by atoms with Crippen molar-refractivity contribution in [2.24, 2.45) is 5.16 Å². The van der Waals surface area contributed by atoms with E-state index in [0.29, 0.717) is 10.3 Å². The van der Waals surface area contributed by atoms with Gasteiger partial charge in [0.1, 0.15) is 6.10 Å². The smallest absolute Gasteiger partial charge is 0.206 e. The molecule has 1 saturated heterocycles. The van der Waals surface area contributed by atoms with Crippen LogP contribution >= 0.6 is 0 Å². The van der Waals surface area contributed by atoms with Crippen LogP contribution in [0.4, 0.5) is 0 Å². The molecule has 1 aromatic heterocycles. The van der Waals surface area contributed by atoms with Crippen LogP contribution in [0, 0.1) is 5.21 Å². The molecule has 110 valence electrons. The lowest BCUT2D eigenvalue weighted by atomic mass is 10.1. The fourth-order valence-electron chi connectivity index (χ4n) is 2.33. The third-order valence-electron chi connectivity index (χ3n) is 3.33. The van der Waals surface area contributed by atoms with Gasteiger partial charge in [-0.3, -0.25) is 4.90 Å². The van der Waals surface area contributed by atoms with Gasteiger partial charge in [0.2, 0.25) is 6.23 Å². The molecular formula is C14H21N3O3. The fourth-order valence-corrected chi connectivity index (χ4v) is 2.33. The van der Waals surface area contributed by atoms with Crippen molar-refractivity contribution in [2.45, 2.75) is 38.5 Å². The number of pyridine rings is 1. The standard InChI is InChI=1S/C14H21N3O3/c1-12(18)14(16-7-3-2-4-8-16)20-15-10-13-6-5-9-17(19)11-13/h5-6,9-12,14,18H,2-4,7-8H2,1H3/t12?,14-/m1/s1. The zero-order chi connectivity index (χ0) is 14.4. The Morgan fingerprint density at radius 2 is 2.20 bits per heavy atom. The lowest BCUT2D eigenvalue weighted by molar-refractivity contribution is -0.605. The summed E-state index contributed by atoms with van der Waals surface area (Å²) in [7, 11) is 0. The Balaban J connectivity index is 1.94. The number of likely N-dealkylation sites (tertiary alicyclic amines) is 1. The lowest BCUT2D eigenvalue weighted by Crippen LogP contribution is -2.46. The van der Waals surface area contributed by atoms with Crippen LogP contribution in [0.3, 0.4) is 0 Å². The summed E-state index contributed by atoms with van der Waals surface area (Å²) in [5.41, 5.74) is 0.658. The van der Waals surface area contributed by atoms with E-state index in [1.807, 2.05) is 0 Å². The molecule has 0 spiro atoms. The molecule has 1 unspecified atom stereocenters. The van der Waals surface area contributed by atoms with Crippen LogP contribution in [0.1, 0.15) is 31.7 Å². The van der Waals surface area contributed by atoms with Crippen molar-refractivity contribution in [3.63, 3.8) is 0 Å². The summed E-state index contributed by atoms with van der Waals surface area (Å²) in [6.07, 6.45) is 6.69. The van der Waals surface area contributed by atoms with Gasteiger partial charge in [-0.1, -0.05) is 11.6 Å². The van der Waals surface area contributed by atoms with Gasteiger partial charge in [-0.15, -0.1) is 0 Å². The van der Waals surface area contributed by atoms with Gasteiger partial charge in [0, 0.05) is 19.2 Å². The maximum Gasteiger partial charge on any atom is 0.206 e. The molecule has 1 aromatic rings. The average molecular weight is 279 g/mol. The van der Waals surface area contributed by atoms with Gasteiger partial charge in [-0.05, 0) is 25.8 Å². The molecule has 0 amide bonds. The van der Waals surface area contributed by atoms with Crippen molar-refractivity contribution < 1.29 is 14.7 Å². The van der Waals surface area contributed by atoms with Crippen LogP contribution in [0.2, 0.25) is 0 Å². The molecule has 20 heavy (non-hydrogen) atoms. The van der Waals surface area contributed by atoms with Gasteiger partial charge in [-0.2, -0.15) is 4.73 Å². The number of oxime groups is 1. The van der Waals surface area contributed by atoms with Gasteiger partial charge < -0.3 is 15.2 Å². The molecule has 2 rings (SSSR count). The van der Waals surface area contributed by atoms with E-state index in [2.05, 4.69) is 10.1 Å². The normalized spacial score (nSPS) is 19.9. The zero-order valence-corrected chi connectivity index (χ0v) is 11.7. The molecule has 0 aromatic carbocycles. The van der Waals surface area contributed by atoms with E-state index < -0.39 is 12.3 Å². The van der Waals surface area contributed by atoms with E-state index in [1.54, 1.807) is 19.1 Å². The minimum absolute atomic E-state index is 0.436. The maximum absolute atomic E-state index is 11.1. The largest absolute Gasteiger partial charge is 0.619 e. The molecule has 1 aliphatic rings. The summed E-state index contributed by atoms with van der Waals surface area (Å²) in [4.78, 5) is 7.52. The summed E-state index contributed by atoms with van der Waals surface area (Å²) < 4.78 is 0.706. The second-order valence-electron chi connectivity index (χ2n) is 5.06. The van der Waals surface area contributed by atoms with Crippen LogP contribution in [0.5, 0.6) is 0 Å². The highest BCUT2D eigenvalue weighted by Gasteiger charge is 2.26. The van der Waals surface area contributed by atoms with E-state index in [1.165, 1.54) is 25.0 Å². The molecule has 1 aliphatic heterocycles. The second-order valence-corrected chi connectivity index (χ2v) is 5.06. The summed E-state index contributed by atoms with van der Waals surface area (Å²) >= 11 is 0. The number of hydrogen-bond donors (Lipinski definition) is 1. The summed E-state index contributed by atoms with van der Waals surface area (Å²) in [5, 5.41) is 24.8. The van der Waals surface area contributed by atoms with Crippen LogP contribution in [-0.4, -0.2) is 41.6 Å². The third kappa shape index (κ3) is 4.18. The third-order valence-corrected chi connectivity index (χ3v) is 3.33. The first kappa shape index (κ1) is 14.7. The SMILES string of the molecule is CC(O)[C@@H](ON=Cc1ccc[n+]([O-])c1)N1CCCCC1. The molecule has 6 nitrogen and oxygen atoms in total. The Bertz CT molecular complexity index is 445. The molecule has 0 aliphatic carbocycles. The number of piperidine rings is 1. The van der Waals surface area contributed by atoms with Gasteiger partial charge in [0.05, 0.1) is 11.8 Å². The van der Waals surface area contributed by atoms with E-state index in [4.69, 9.17) is 4.84 Å². The van der Waals surface area contributed by atoms with Gasteiger partial charge in [0.15, 0.2) is 12.4 Å². The Kier molecular flexibility index (Phi) is 5.31. The number of aliphatic hydroxyl groups is 1. The van der Waals surface area contributed by atoms with Gasteiger partial charge in [0.25, 0.3) is 0 Å². The molecule has 2 atom stereocenters. The Morgan fingerprint density at radius 1 is 1.45 bits per heavy atom. The summed E-state index contributed by atoms with van der Waals surface area (Å²) in [6.45, 7) is 3.52. The van der Waals surface area contributed by atoms with Crippen molar-refractivity contribution in [3.05, 3.63) is 35.3 Å². The number of rotatable bonds is 5. The first-order valence-electron chi connectivity index (χ1n) is 6.97. The average Bonchev–Trinajstić information content (AvgIpc) is 2.44. The quantitative estimate of drug-likeness (QED) is 0.375. The second kappa shape index (κ2) is 7.21. The van der Waals surface area contributed by atoms with Crippen LogP contribution < -0.4 is 4.73 Å².